The van der Waals surface area contributed by atoms with Gasteiger partial charge in [0.2, 0.25) is 0 Å². The zero-order valence-electron chi connectivity index (χ0n) is 9.84. The molecule has 0 atom stereocenters. The number of carbonyl (C=O) groups excluding carboxylic acids is 2. The molecule has 1 rings (SSSR count). The lowest BCUT2D eigenvalue weighted by Gasteiger charge is -2.21. The lowest BCUT2D eigenvalue weighted by atomic mass is 9.86. The number of unbranched alkanes of at least 4 members (excludes halogenated alkanes) is 1. The average molecular weight is 226 g/mol. The second-order valence-electron chi connectivity index (χ2n) is 4.62. The fourth-order valence-electron chi connectivity index (χ4n) is 2.32. The van der Waals surface area contributed by atoms with Crippen molar-refractivity contribution in [1.82, 2.24) is 5.32 Å². The molecule has 92 valence electrons. The van der Waals surface area contributed by atoms with Gasteiger partial charge in [-0.25, -0.2) is 0 Å². The number of primary amides is 1. The average Bonchev–Trinajstić information content (AvgIpc) is 2.29. The van der Waals surface area contributed by atoms with Crippen LogP contribution < -0.4 is 11.1 Å². The Balaban J connectivity index is 1.95. The zero-order chi connectivity index (χ0) is 11.8. The predicted molar refractivity (Wildman–Crippen MR) is 62.6 cm³/mol. The summed E-state index contributed by atoms with van der Waals surface area (Å²) in [7, 11) is 0. The Kier molecular flexibility index (Phi) is 5.90. The van der Waals surface area contributed by atoms with Crippen molar-refractivity contribution in [1.29, 1.82) is 0 Å². The van der Waals surface area contributed by atoms with E-state index in [4.69, 9.17) is 5.73 Å². The summed E-state index contributed by atoms with van der Waals surface area (Å²) in [6.45, 7) is 0.564. The van der Waals surface area contributed by atoms with Crippen LogP contribution >= 0.6 is 0 Å². The van der Waals surface area contributed by atoms with Gasteiger partial charge < -0.3 is 11.1 Å². The first-order chi connectivity index (χ1) is 7.70. The van der Waals surface area contributed by atoms with Crippen molar-refractivity contribution in [2.75, 3.05) is 6.54 Å². The summed E-state index contributed by atoms with van der Waals surface area (Å²) in [6, 6.07) is 0. The minimum atomic E-state index is -0.896. The summed E-state index contributed by atoms with van der Waals surface area (Å²) >= 11 is 0. The van der Waals surface area contributed by atoms with Crippen LogP contribution in [0.2, 0.25) is 0 Å². The van der Waals surface area contributed by atoms with E-state index < -0.39 is 11.8 Å². The summed E-state index contributed by atoms with van der Waals surface area (Å²) < 4.78 is 0. The predicted octanol–water partition coefficient (Wildman–Crippen LogP) is 1.34. The van der Waals surface area contributed by atoms with Gasteiger partial charge in [0, 0.05) is 6.54 Å². The van der Waals surface area contributed by atoms with Crippen LogP contribution in [0.5, 0.6) is 0 Å². The molecule has 2 amide bonds. The highest BCUT2D eigenvalue weighted by Crippen LogP contribution is 2.27. The Labute approximate surface area is 97.0 Å². The number of carbonyl (C=O) groups is 2. The SMILES string of the molecule is NC(=O)C(=O)NCCCCC1CCCCC1. The normalized spacial score (nSPS) is 17.0. The van der Waals surface area contributed by atoms with Crippen molar-refractivity contribution in [3.05, 3.63) is 0 Å². The summed E-state index contributed by atoms with van der Waals surface area (Å²) in [5.74, 6) is -0.675. The van der Waals surface area contributed by atoms with Crippen molar-refractivity contribution in [3.63, 3.8) is 0 Å². The number of amides is 2. The first kappa shape index (κ1) is 13.0. The Morgan fingerprint density at radius 1 is 1.12 bits per heavy atom. The van der Waals surface area contributed by atoms with Crippen molar-refractivity contribution >= 4 is 11.8 Å². The van der Waals surface area contributed by atoms with Crippen LogP contribution in [0.4, 0.5) is 0 Å². The molecule has 0 aliphatic heterocycles. The van der Waals surface area contributed by atoms with Crippen molar-refractivity contribution in [2.24, 2.45) is 11.7 Å². The molecular weight excluding hydrogens is 204 g/mol. The molecule has 0 aromatic heterocycles. The van der Waals surface area contributed by atoms with Crippen molar-refractivity contribution in [2.45, 2.75) is 51.4 Å². The van der Waals surface area contributed by atoms with E-state index in [1.165, 1.54) is 38.5 Å². The van der Waals surface area contributed by atoms with Gasteiger partial charge in [0.1, 0.15) is 0 Å². The minimum absolute atomic E-state index is 0.564. The number of nitrogens with two attached hydrogens (primary N) is 1. The molecule has 3 N–H and O–H groups in total. The summed E-state index contributed by atoms with van der Waals surface area (Å²) in [4.78, 5) is 21.2. The van der Waals surface area contributed by atoms with Gasteiger partial charge in [-0.3, -0.25) is 9.59 Å². The maximum absolute atomic E-state index is 10.8. The molecule has 1 fully saturated rings. The van der Waals surface area contributed by atoms with Crippen LogP contribution in [-0.4, -0.2) is 18.4 Å². The van der Waals surface area contributed by atoms with E-state index in [1.807, 2.05) is 0 Å². The molecule has 1 aliphatic rings. The molecule has 4 nitrogen and oxygen atoms in total. The molecule has 0 spiro atoms. The smallest absolute Gasteiger partial charge is 0.309 e. The van der Waals surface area contributed by atoms with Crippen LogP contribution in [0.3, 0.4) is 0 Å². The largest absolute Gasteiger partial charge is 0.361 e. The van der Waals surface area contributed by atoms with Gasteiger partial charge in [-0.05, 0) is 12.3 Å². The Morgan fingerprint density at radius 3 is 2.44 bits per heavy atom. The first-order valence-corrected chi connectivity index (χ1v) is 6.28. The van der Waals surface area contributed by atoms with Gasteiger partial charge >= 0.3 is 11.8 Å². The third-order valence-corrected chi connectivity index (χ3v) is 3.27. The summed E-state index contributed by atoms with van der Waals surface area (Å²) in [6.07, 6.45) is 10.2. The molecule has 0 aromatic rings. The molecule has 1 aliphatic carbocycles. The number of hydrogen-bond donors (Lipinski definition) is 2. The fraction of sp³-hybridized carbons (Fsp3) is 0.833. The molecule has 0 radical (unpaired) electrons. The summed E-state index contributed by atoms with van der Waals surface area (Å²) in [5.41, 5.74) is 4.82. The van der Waals surface area contributed by atoms with Gasteiger partial charge in [-0.1, -0.05) is 44.9 Å². The van der Waals surface area contributed by atoms with E-state index >= 15 is 0 Å². The van der Waals surface area contributed by atoms with Gasteiger partial charge in [-0.2, -0.15) is 0 Å². The molecule has 0 heterocycles. The van der Waals surface area contributed by atoms with Crippen molar-refractivity contribution in [3.8, 4) is 0 Å². The summed E-state index contributed by atoms with van der Waals surface area (Å²) in [5, 5.41) is 2.51. The number of nitrogens with one attached hydrogen (secondary N) is 1. The van der Waals surface area contributed by atoms with Crippen molar-refractivity contribution < 1.29 is 9.59 Å². The Morgan fingerprint density at radius 2 is 1.81 bits per heavy atom. The van der Waals surface area contributed by atoms with Crippen LogP contribution in [0.15, 0.2) is 0 Å². The third-order valence-electron chi connectivity index (χ3n) is 3.27. The second-order valence-corrected chi connectivity index (χ2v) is 4.62. The molecule has 4 heteroatoms. The zero-order valence-corrected chi connectivity index (χ0v) is 9.84. The highest BCUT2D eigenvalue weighted by atomic mass is 16.2. The minimum Gasteiger partial charge on any atom is -0.361 e. The van der Waals surface area contributed by atoms with E-state index in [2.05, 4.69) is 5.32 Å². The Hall–Kier alpha value is -1.06. The van der Waals surface area contributed by atoms with Crippen LogP contribution in [0.1, 0.15) is 51.4 Å². The lowest BCUT2D eigenvalue weighted by Crippen LogP contribution is -2.36. The maximum atomic E-state index is 10.8. The van der Waals surface area contributed by atoms with Gasteiger partial charge in [0.15, 0.2) is 0 Å². The van der Waals surface area contributed by atoms with Gasteiger partial charge in [0.25, 0.3) is 0 Å². The monoisotopic (exact) mass is 226 g/mol. The Bertz CT molecular complexity index is 235. The fourth-order valence-corrected chi connectivity index (χ4v) is 2.32. The van der Waals surface area contributed by atoms with E-state index in [0.717, 1.165) is 18.8 Å². The molecule has 0 bridgehead atoms. The van der Waals surface area contributed by atoms with Crippen LogP contribution in [0, 0.1) is 5.92 Å². The lowest BCUT2D eigenvalue weighted by molar-refractivity contribution is -0.137. The van der Waals surface area contributed by atoms with Crippen LogP contribution in [-0.2, 0) is 9.59 Å². The van der Waals surface area contributed by atoms with Crippen LogP contribution in [0.25, 0.3) is 0 Å². The molecule has 0 unspecified atom stereocenters. The highest BCUT2D eigenvalue weighted by Gasteiger charge is 2.12. The third kappa shape index (κ3) is 5.14. The topological polar surface area (TPSA) is 72.2 Å². The van der Waals surface area contributed by atoms with E-state index in [9.17, 15) is 9.59 Å². The maximum Gasteiger partial charge on any atom is 0.309 e. The van der Waals surface area contributed by atoms with Gasteiger partial charge in [0.05, 0.1) is 0 Å². The number of hydrogen-bond acceptors (Lipinski definition) is 2. The molecule has 1 saturated carbocycles. The quantitative estimate of drug-likeness (QED) is 0.548. The second kappa shape index (κ2) is 7.25. The van der Waals surface area contributed by atoms with E-state index in [-0.39, 0.29) is 0 Å². The highest BCUT2D eigenvalue weighted by molar-refractivity contribution is 6.34. The molecular formula is C12H22N2O2. The molecule has 16 heavy (non-hydrogen) atoms. The van der Waals surface area contributed by atoms with E-state index in [1.54, 1.807) is 0 Å². The standard InChI is InChI=1S/C12H22N2O2/c13-11(15)12(16)14-9-5-4-8-10-6-2-1-3-7-10/h10H,1-9H2,(H2,13,15)(H,14,16). The molecule has 0 saturated heterocycles. The number of rotatable bonds is 5. The first-order valence-electron chi connectivity index (χ1n) is 6.28. The van der Waals surface area contributed by atoms with E-state index in [0.29, 0.717) is 6.54 Å². The van der Waals surface area contributed by atoms with Gasteiger partial charge in [-0.15, -0.1) is 0 Å². The molecule has 0 aromatic carbocycles.